The van der Waals surface area contributed by atoms with Crippen molar-refractivity contribution >= 4 is 34.2 Å². The van der Waals surface area contributed by atoms with E-state index in [1.165, 1.54) is 36.4 Å². The quantitative estimate of drug-likeness (QED) is 0.703. The minimum absolute atomic E-state index is 0.0225. The van der Waals surface area contributed by atoms with Crippen LogP contribution in [0.4, 0.5) is 5.69 Å². The van der Waals surface area contributed by atoms with Gasteiger partial charge in [-0.25, -0.2) is 9.69 Å². The van der Waals surface area contributed by atoms with Crippen molar-refractivity contribution in [3.8, 4) is 5.75 Å². The Bertz CT molecular complexity index is 1050. The lowest BCUT2D eigenvalue weighted by atomic mass is 9.91. The lowest BCUT2D eigenvalue weighted by molar-refractivity contribution is 0.0697. The lowest BCUT2D eigenvalue weighted by Crippen LogP contribution is -2.40. The summed E-state index contributed by atoms with van der Waals surface area (Å²) in [6, 6.07) is 13.3. The highest BCUT2D eigenvalue weighted by Crippen LogP contribution is 2.34. The number of nitrogens with zero attached hydrogens (tertiary/aromatic N) is 1. The smallest absolute Gasteiger partial charge is 0.336 e. The highest BCUT2D eigenvalue weighted by molar-refractivity contribution is 6.36. The fourth-order valence-electron chi connectivity index (χ4n) is 3.12. The average Bonchev–Trinajstić information content (AvgIpc) is 2.60. The number of imide groups is 1. The third-order valence-electron chi connectivity index (χ3n) is 4.25. The van der Waals surface area contributed by atoms with Gasteiger partial charge >= 0.3 is 5.97 Å². The number of hydrogen-bond donors (Lipinski definition) is 2. The molecule has 2 N–H and O–H groups in total. The molecule has 25 heavy (non-hydrogen) atoms. The van der Waals surface area contributed by atoms with Crippen LogP contribution in [0.25, 0.3) is 10.8 Å². The number of amides is 2. The molecule has 0 atom stereocenters. The molecule has 0 saturated heterocycles. The summed E-state index contributed by atoms with van der Waals surface area (Å²) < 4.78 is 0. The fourth-order valence-corrected chi connectivity index (χ4v) is 3.12. The largest absolute Gasteiger partial charge is 0.508 e. The van der Waals surface area contributed by atoms with Gasteiger partial charge in [-0.05, 0) is 47.9 Å². The Morgan fingerprint density at radius 1 is 0.840 bits per heavy atom. The zero-order chi connectivity index (χ0) is 17.7. The summed E-state index contributed by atoms with van der Waals surface area (Å²) in [6.45, 7) is 0. The number of phenols is 1. The first-order valence-electron chi connectivity index (χ1n) is 7.46. The van der Waals surface area contributed by atoms with E-state index in [1.54, 1.807) is 18.2 Å². The molecule has 122 valence electrons. The molecule has 3 aromatic carbocycles. The Labute approximate surface area is 141 Å². The Morgan fingerprint density at radius 3 is 2.12 bits per heavy atom. The number of hydrogen-bond acceptors (Lipinski definition) is 4. The number of phenolic OH excluding ortho intramolecular Hbond substituents is 1. The molecule has 0 fully saturated rings. The Kier molecular flexibility index (Phi) is 3.08. The topological polar surface area (TPSA) is 94.9 Å². The van der Waals surface area contributed by atoms with Crippen molar-refractivity contribution in [3.63, 3.8) is 0 Å². The minimum atomic E-state index is -1.12. The minimum Gasteiger partial charge on any atom is -0.508 e. The number of carbonyl (C=O) groups is 3. The summed E-state index contributed by atoms with van der Waals surface area (Å²) in [5.74, 6) is -2.16. The molecular weight excluding hydrogens is 322 g/mol. The molecule has 0 saturated carbocycles. The van der Waals surface area contributed by atoms with Crippen LogP contribution in [0.5, 0.6) is 5.75 Å². The molecule has 6 heteroatoms. The van der Waals surface area contributed by atoms with Crippen molar-refractivity contribution in [3.05, 3.63) is 71.3 Å². The number of benzene rings is 3. The first kappa shape index (κ1) is 14.9. The SMILES string of the molecule is O=C(O)c1ccc2c3c(cccc13)C(=O)N(c1ccc(O)cc1)C2=O. The van der Waals surface area contributed by atoms with Gasteiger partial charge < -0.3 is 10.2 Å². The summed E-state index contributed by atoms with van der Waals surface area (Å²) in [7, 11) is 0. The van der Waals surface area contributed by atoms with Crippen LogP contribution in [0, 0.1) is 0 Å². The van der Waals surface area contributed by atoms with Crippen LogP contribution in [0.1, 0.15) is 31.1 Å². The van der Waals surface area contributed by atoms with Crippen molar-refractivity contribution in [2.75, 3.05) is 4.90 Å². The van der Waals surface area contributed by atoms with Crippen LogP contribution in [0.2, 0.25) is 0 Å². The molecule has 1 heterocycles. The summed E-state index contributed by atoms with van der Waals surface area (Å²) in [4.78, 5) is 38.2. The van der Waals surface area contributed by atoms with Gasteiger partial charge in [0.25, 0.3) is 11.8 Å². The molecule has 1 aliphatic heterocycles. The summed E-state index contributed by atoms with van der Waals surface area (Å²) in [5.41, 5.74) is 0.906. The molecule has 2 amide bonds. The van der Waals surface area contributed by atoms with Gasteiger partial charge in [0.2, 0.25) is 0 Å². The van der Waals surface area contributed by atoms with Crippen molar-refractivity contribution in [2.24, 2.45) is 0 Å². The molecule has 0 bridgehead atoms. The third-order valence-corrected chi connectivity index (χ3v) is 4.25. The molecule has 3 aromatic rings. The van der Waals surface area contributed by atoms with E-state index in [-0.39, 0.29) is 22.4 Å². The molecule has 4 rings (SSSR count). The molecule has 0 spiro atoms. The highest BCUT2D eigenvalue weighted by Gasteiger charge is 2.34. The predicted octanol–water partition coefficient (Wildman–Crippen LogP) is 3.04. The number of carboxylic acid groups (broad SMARTS) is 1. The number of aromatic carboxylic acids is 1. The maximum Gasteiger partial charge on any atom is 0.336 e. The summed E-state index contributed by atoms with van der Waals surface area (Å²) >= 11 is 0. The molecule has 0 aliphatic carbocycles. The maximum atomic E-state index is 12.9. The zero-order valence-electron chi connectivity index (χ0n) is 12.8. The van der Waals surface area contributed by atoms with Gasteiger partial charge in [0, 0.05) is 16.5 Å². The van der Waals surface area contributed by atoms with Crippen molar-refractivity contribution in [2.45, 2.75) is 0 Å². The molecular formula is C19H11NO5. The van der Waals surface area contributed by atoms with E-state index in [9.17, 15) is 24.6 Å². The monoisotopic (exact) mass is 333 g/mol. The Morgan fingerprint density at radius 2 is 1.48 bits per heavy atom. The fraction of sp³-hybridized carbons (Fsp3) is 0. The second kappa shape index (κ2) is 5.17. The number of carboxylic acids is 1. The Balaban J connectivity index is 1.99. The van der Waals surface area contributed by atoms with Crippen LogP contribution in [-0.2, 0) is 0 Å². The highest BCUT2D eigenvalue weighted by atomic mass is 16.4. The van der Waals surface area contributed by atoms with Crippen molar-refractivity contribution in [1.82, 2.24) is 0 Å². The second-order valence-corrected chi connectivity index (χ2v) is 5.66. The van der Waals surface area contributed by atoms with Crippen molar-refractivity contribution < 1.29 is 24.6 Å². The van der Waals surface area contributed by atoms with E-state index in [1.807, 2.05) is 0 Å². The standard InChI is InChI=1S/C19H11NO5/c21-11-6-4-10(5-7-11)20-17(22)14-3-1-2-12-13(19(24)25)8-9-15(16(12)14)18(20)23/h1-9,21H,(H,24,25). The van der Waals surface area contributed by atoms with Crippen LogP contribution < -0.4 is 4.90 Å². The van der Waals surface area contributed by atoms with Gasteiger partial charge in [0.1, 0.15) is 5.75 Å². The molecule has 0 radical (unpaired) electrons. The van der Waals surface area contributed by atoms with Crippen LogP contribution in [0.15, 0.2) is 54.6 Å². The number of rotatable bonds is 2. The number of carbonyl (C=O) groups excluding carboxylic acids is 2. The lowest BCUT2D eigenvalue weighted by Gasteiger charge is -2.27. The predicted molar refractivity (Wildman–Crippen MR) is 90.2 cm³/mol. The van der Waals surface area contributed by atoms with Crippen LogP contribution >= 0.6 is 0 Å². The van der Waals surface area contributed by atoms with Gasteiger partial charge in [-0.3, -0.25) is 9.59 Å². The van der Waals surface area contributed by atoms with Crippen molar-refractivity contribution in [1.29, 1.82) is 0 Å². The molecule has 0 unspecified atom stereocenters. The maximum absolute atomic E-state index is 12.9. The van der Waals surface area contributed by atoms with E-state index >= 15 is 0 Å². The van der Waals surface area contributed by atoms with Crippen LogP contribution in [0.3, 0.4) is 0 Å². The van der Waals surface area contributed by atoms with E-state index < -0.39 is 17.8 Å². The third kappa shape index (κ3) is 2.08. The second-order valence-electron chi connectivity index (χ2n) is 5.66. The summed E-state index contributed by atoms with van der Waals surface area (Å²) in [6.07, 6.45) is 0. The first-order valence-corrected chi connectivity index (χ1v) is 7.46. The normalized spacial score (nSPS) is 13.4. The van der Waals surface area contributed by atoms with Gasteiger partial charge in [0.05, 0.1) is 11.3 Å². The van der Waals surface area contributed by atoms with Gasteiger partial charge in [-0.1, -0.05) is 12.1 Å². The number of aromatic hydroxyl groups is 1. The zero-order valence-corrected chi connectivity index (χ0v) is 12.8. The average molecular weight is 333 g/mol. The number of anilines is 1. The van der Waals surface area contributed by atoms with E-state index in [0.29, 0.717) is 16.5 Å². The van der Waals surface area contributed by atoms with E-state index in [4.69, 9.17) is 0 Å². The molecule has 1 aliphatic rings. The van der Waals surface area contributed by atoms with Gasteiger partial charge in [-0.2, -0.15) is 0 Å². The van der Waals surface area contributed by atoms with E-state index in [2.05, 4.69) is 0 Å². The first-order chi connectivity index (χ1) is 12.0. The summed E-state index contributed by atoms with van der Waals surface area (Å²) in [5, 5.41) is 19.5. The van der Waals surface area contributed by atoms with Crippen LogP contribution in [-0.4, -0.2) is 28.0 Å². The van der Waals surface area contributed by atoms with Gasteiger partial charge in [-0.15, -0.1) is 0 Å². The molecule has 0 aromatic heterocycles. The Hall–Kier alpha value is -3.67. The van der Waals surface area contributed by atoms with Gasteiger partial charge in [0.15, 0.2) is 0 Å². The van der Waals surface area contributed by atoms with E-state index in [0.717, 1.165) is 4.90 Å². The molecule has 6 nitrogen and oxygen atoms in total.